The molecule has 2 aromatic heterocycles. The number of esters is 1. The van der Waals surface area contributed by atoms with Crippen molar-refractivity contribution < 1.29 is 19.1 Å². The smallest absolute Gasteiger partial charge is 0.332 e. The third-order valence-electron chi connectivity index (χ3n) is 4.32. The molecule has 0 saturated heterocycles. The maximum Gasteiger partial charge on any atom is 0.332 e. The summed E-state index contributed by atoms with van der Waals surface area (Å²) in [6.45, 7) is 1.55. The van der Waals surface area contributed by atoms with E-state index in [1.807, 2.05) is 48.5 Å². The highest BCUT2D eigenvalue weighted by Crippen LogP contribution is 2.22. The first-order chi connectivity index (χ1) is 13.6. The number of hydrogen-bond donors (Lipinski definition) is 1. The number of para-hydroxylation sites is 2. The molecule has 0 amide bonds. The second kappa shape index (κ2) is 7.92. The standard InChI is InChI=1S/C21H18N2O4S/c1-13(21(25)15-10-22-16-7-3-2-6-14(15)16)27-20(24)12-26-11-19-23-17-8-4-5-9-18(17)28-19/h2-10,13,22H,11-12H2,1H3/t13-/m1/s1. The number of ether oxygens (including phenoxy) is 2. The van der Waals surface area contributed by atoms with Crippen molar-refractivity contribution in [1.82, 2.24) is 9.97 Å². The van der Waals surface area contributed by atoms with E-state index in [4.69, 9.17) is 9.47 Å². The van der Waals surface area contributed by atoms with Crippen molar-refractivity contribution in [2.45, 2.75) is 19.6 Å². The quantitative estimate of drug-likeness (QED) is 0.377. The molecule has 28 heavy (non-hydrogen) atoms. The average Bonchev–Trinajstić information content (AvgIpc) is 3.31. The Morgan fingerprint density at radius 1 is 1.14 bits per heavy atom. The topological polar surface area (TPSA) is 81.3 Å². The summed E-state index contributed by atoms with van der Waals surface area (Å²) in [6, 6.07) is 15.3. The molecule has 0 aliphatic carbocycles. The van der Waals surface area contributed by atoms with Crippen molar-refractivity contribution in [2.24, 2.45) is 0 Å². The third kappa shape index (κ3) is 3.81. The molecule has 0 radical (unpaired) electrons. The second-order valence-electron chi connectivity index (χ2n) is 6.31. The molecule has 1 N–H and O–H groups in total. The van der Waals surface area contributed by atoms with Gasteiger partial charge in [-0.25, -0.2) is 9.78 Å². The van der Waals surface area contributed by atoms with Gasteiger partial charge in [-0.3, -0.25) is 4.79 Å². The minimum atomic E-state index is -0.891. The van der Waals surface area contributed by atoms with Crippen molar-refractivity contribution in [3.05, 3.63) is 65.3 Å². The Labute approximate surface area is 165 Å². The molecule has 0 aliphatic heterocycles. The summed E-state index contributed by atoms with van der Waals surface area (Å²) in [5.41, 5.74) is 2.28. The van der Waals surface area contributed by atoms with E-state index in [1.165, 1.54) is 11.3 Å². The normalized spacial score (nSPS) is 12.3. The molecule has 0 aliphatic rings. The van der Waals surface area contributed by atoms with E-state index >= 15 is 0 Å². The van der Waals surface area contributed by atoms with Crippen molar-refractivity contribution in [2.75, 3.05) is 6.61 Å². The van der Waals surface area contributed by atoms with Crippen LogP contribution in [0.2, 0.25) is 0 Å². The zero-order valence-corrected chi connectivity index (χ0v) is 16.0. The first-order valence-corrected chi connectivity index (χ1v) is 9.65. The molecule has 4 aromatic rings. The van der Waals surface area contributed by atoms with Crippen molar-refractivity contribution in [1.29, 1.82) is 0 Å². The third-order valence-corrected chi connectivity index (χ3v) is 5.33. The molecule has 6 nitrogen and oxygen atoms in total. The Bertz CT molecular complexity index is 1110. The minimum absolute atomic E-state index is 0.221. The SMILES string of the molecule is C[C@@H](OC(=O)COCc1nc2ccccc2s1)C(=O)c1c[nH]c2ccccc12. The number of aromatic nitrogens is 2. The molecule has 142 valence electrons. The van der Waals surface area contributed by atoms with Crippen LogP contribution in [0.4, 0.5) is 0 Å². The van der Waals surface area contributed by atoms with Crippen molar-refractivity contribution >= 4 is 44.2 Å². The number of aromatic amines is 1. The van der Waals surface area contributed by atoms with Gasteiger partial charge in [0.25, 0.3) is 0 Å². The molecule has 0 spiro atoms. The number of carbonyl (C=O) groups excluding carboxylic acids is 2. The number of thiazole rings is 1. The molecule has 4 rings (SSSR count). The van der Waals surface area contributed by atoms with Crippen LogP contribution in [0.15, 0.2) is 54.7 Å². The lowest BCUT2D eigenvalue weighted by Gasteiger charge is -2.12. The van der Waals surface area contributed by atoms with Crippen LogP contribution in [0.3, 0.4) is 0 Å². The van der Waals surface area contributed by atoms with Gasteiger partial charge >= 0.3 is 5.97 Å². The number of rotatable bonds is 7. The fourth-order valence-electron chi connectivity index (χ4n) is 2.98. The van der Waals surface area contributed by atoms with E-state index < -0.39 is 12.1 Å². The number of Topliss-reactive ketones (excluding diaryl/α,β-unsaturated/α-hetero) is 1. The minimum Gasteiger partial charge on any atom is -0.453 e. The van der Waals surface area contributed by atoms with Gasteiger partial charge in [0.2, 0.25) is 5.78 Å². The predicted octanol–water partition coefficient (Wildman–Crippen LogP) is 4.11. The monoisotopic (exact) mass is 394 g/mol. The maximum absolute atomic E-state index is 12.6. The van der Waals surface area contributed by atoms with E-state index in [2.05, 4.69) is 9.97 Å². The fraction of sp³-hybridized carbons (Fsp3) is 0.190. The average molecular weight is 394 g/mol. The molecule has 0 bridgehead atoms. The summed E-state index contributed by atoms with van der Waals surface area (Å²) in [5, 5.41) is 1.60. The summed E-state index contributed by atoms with van der Waals surface area (Å²) >= 11 is 1.52. The van der Waals surface area contributed by atoms with E-state index in [9.17, 15) is 9.59 Å². The Morgan fingerprint density at radius 2 is 1.93 bits per heavy atom. The fourth-order valence-corrected chi connectivity index (χ4v) is 3.89. The number of H-pyrrole nitrogens is 1. The maximum atomic E-state index is 12.6. The predicted molar refractivity (Wildman–Crippen MR) is 107 cm³/mol. The lowest BCUT2D eigenvalue weighted by Crippen LogP contribution is -2.26. The highest BCUT2D eigenvalue weighted by molar-refractivity contribution is 7.18. The van der Waals surface area contributed by atoms with E-state index in [0.29, 0.717) is 5.56 Å². The summed E-state index contributed by atoms with van der Waals surface area (Å²) < 4.78 is 11.7. The van der Waals surface area contributed by atoms with Gasteiger partial charge in [0, 0.05) is 22.7 Å². The Balaban J connectivity index is 1.31. The molecule has 0 saturated carbocycles. The largest absolute Gasteiger partial charge is 0.453 e. The summed E-state index contributed by atoms with van der Waals surface area (Å²) in [7, 11) is 0. The first kappa shape index (κ1) is 18.3. The van der Waals surface area contributed by atoms with Crippen molar-refractivity contribution in [3.63, 3.8) is 0 Å². The summed E-state index contributed by atoms with van der Waals surface area (Å²) in [4.78, 5) is 32.1. The van der Waals surface area contributed by atoms with Gasteiger partial charge in [-0.1, -0.05) is 30.3 Å². The van der Waals surface area contributed by atoms with Gasteiger partial charge in [0.15, 0.2) is 6.10 Å². The van der Waals surface area contributed by atoms with Crippen LogP contribution in [-0.4, -0.2) is 34.4 Å². The van der Waals surface area contributed by atoms with Gasteiger partial charge in [-0.2, -0.15) is 0 Å². The number of carbonyl (C=O) groups is 2. The number of nitrogens with one attached hydrogen (secondary N) is 1. The Hall–Kier alpha value is -3.03. The Kier molecular flexibility index (Phi) is 5.18. The first-order valence-electron chi connectivity index (χ1n) is 8.84. The molecule has 7 heteroatoms. The number of hydrogen-bond acceptors (Lipinski definition) is 6. The van der Waals surface area contributed by atoms with Gasteiger partial charge < -0.3 is 14.5 Å². The van der Waals surface area contributed by atoms with Crippen LogP contribution >= 0.6 is 11.3 Å². The number of benzene rings is 2. The number of fused-ring (bicyclic) bond motifs is 2. The second-order valence-corrected chi connectivity index (χ2v) is 7.43. The molecular weight excluding hydrogens is 376 g/mol. The molecular formula is C21H18N2O4S. The summed E-state index contributed by atoms with van der Waals surface area (Å²) in [5.74, 6) is -0.834. The van der Waals surface area contributed by atoms with Crippen LogP contribution in [0.5, 0.6) is 0 Å². The van der Waals surface area contributed by atoms with Gasteiger partial charge in [-0.15, -0.1) is 11.3 Å². The zero-order chi connectivity index (χ0) is 19.5. The molecule has 1 atom stereocenters. The molecule has 2 heterocycles. The van der Waals surface area contributed by atoms with Crippen LogP contribution in [0.1, 0.15) is 22.3 Å². The highest BCUT2D eigenvalue weighted by Gasteiger charge is 2.22. The number of ketones is 1. The molecule has 2 aromatic carbocycles. The van der Waals surface area contributed by atoms with Crippen LogP contribution in [0, 0.1) is 0 Å². The lowest BCUT2D eigenvalue weighted by molar-refractivity contribution is -0.152. The van der Waals surface area contributed by atoms with E-state index in [-0.39, 0.29) is 19.0 Å². The van der Waals surface area contributed by atoms with Crippen LogP contribution in [-0.2, 0) is 20.9 Å². The van der Waals surface area contributed by atoms with Crippen LogP contribution < -0.4 is 0 Å². The zero-order valence-electron chi connectivity index (χ0n) is 15.2. The van der Waals surface area contributed by atoms with E-state index in [1.54, 1.807) is 13.1 Å². The highest BCUT2D eigenvalue weighted by atomic mass is 32.1. The number of nitrogens with zero attached hydrogens (tertiary/aromatic N) is 1. The molecule has 0 fully saturated rings. The summed E-state index contributed by atoms with van der Waals surface area (Å²) in [6.07, 6.45) is 0.749. The molecule has 0 unspecified atom stereocenters. The lowest BCUT2D eigenvalue weighted by atomic mass is 10.1. The van der Waals surface area contributed by atoms with Gasteiger partial charge in [0.1, 0.15) is 11.6 Å². The van der Waals surface area contributed by atoms with Gasteiger partial charge in [0.05, 0.1) is 16.8 Å². The van der Waals surface area contributed by atoms with Gasteiger partial charge in [-0.05, 0) is 25.1 Å². The Morgan fingerprint density at radius 3 is 2.79 bits per heavy atom. The van der Waals surface area contributed by atoms with E-state index in [0.717, 1.165) is 26.1 Å². The van der Waals surface area contributed by atoms with Crippen LogP contribution in [0.25, 0.3) is 21.1 Å². The van der Waals surface area contributed by atoms with Crippen molar-refractivity contribution in [3.8, 4) is 0 Å².